The zero-order chi connectivity index (χ0) is 19.3. The van der Waals surface area contributed by atoms with Gasteiger partial charge in [0.05, 0.1) is 5.56 Å². The molecular formula is C20H15N3O4S. The van der Waals surface area contributed by atoms with Crippen LogP contribution in [0.4, 0.5) is 0 Å². The highest BCUT2D eigenvalue weighted by Crippen LogP contribution is 2.25. The van der Waals surface area contributed by atoms with Crippen LogP contribution in [0.5, 0.6) is 5.75 Å². The standard InChI is InChI=1S/C20H15N3O4S/c24-19(25)15-8-6-13(7-9-15)12-28-20-23-22-17(27-20)11-26-16-5-1-3-14-4-2-10-21-18(14)16/h1-10H,11-12H2,(H,24,25). The summed E-state index contributed by atoms with van der Waals surface area (Å²) in [6, 6.07) is 16.3. The smallest absolute Gasteiger partial charge is 0.335 e. The summed E-state index contributed by atoms with van der Waals surface area (Å²) in [5.41, 5.74) is 2.01. The number of carbonyl (C=O) groups is 1. The molecule has 0 unspecified atom stereocenters. The molecule has 0 aliphatic rings. The van der Waals surface area contributed by atoms with Crippen LogP contribution in [0.3, 0.4) is 0 Å². The van der Waals surface area contributed by atoms with Crippen LogP contribution in [-0.4, -0.2) is 26.3 Å². The van der Waals surface area contributed by atoms with Gasteiger partial charge in [-0.3, -0.25) is 4.98 Å². The van der Waals surface area contributed by atoms with E-state index in [1.165, 1.54) is 11.8 Å². The average Bonchev–Trinajstić information content (AvgIpc) is 3.19. The molecule has 2 aromatic carbocycles. The van der Waals surface area contributed by atoms with Crippen LogP contribution in [0.1, 0.15) is 21.8 Å². The molecule has 1 N–H and O–H groups in total. The number of pyridine rings is 1. The van der Waals surface area contributed by atoms with Crippen LogP contribution in [0, 0.1) is 0 Å². The summed E-state index contributed by atoms with van der Waals surface area (Å²) >= 11 is 1.38. The number of ether oxygens (including phenoxy) is 1. The Kier molecular flexibility index (Phi) is 5.20. The molecule has 0 saturated carbocycles. The number of aromatic nitrogens is 3. The average molecular weight is 393 g/mol. The Morgan fingerprint density at radius 3 is 2.71 bits per heavy atom. The van der Waals surface area contributed by atoms with E-state index in [1.54, 1.807) is 30.5 Å². The molecule has 0 radical (unpaired) electrons. The molecule has 4 rings (SSSR count). The molecular weight excluding hydrogens is 378 g/mol. The lowest BCUT2D eigenvalue weighted by molar-refractivity contribution is 0.0697. The van der Waals surface area contributed by atoms with Crippen LogP contribution >= 0.6 is 11.8 Å². The van der Waals surface area contributed by atoms with Gasteiger partial charge >= 0.3 is 5.97 Å². The highest BCUT2D eigenvalue weighted by atomic mass is 32.2. The number of fused-ring (bicyclic) bond motifs is 1. The Bertz CT molecular complexity index is 1110. The van der Waals surface area contributed by atoms with Gasteiger partial charge in [-0.15, -0.1) is 10.2 Å². The molecule has 0 saturated heterocycles. The first-order chi connectivity index (χ1) is 13.7. The number of nitrogens with zero attached hydrogens (tertiary/aromatic N) is 3. The van der Waals surface area contributed by atoms with E-state index in [1.807, 2.05) is 30.3 Å². The Hall–Kier alpha value is -3.39. The van der Waals surface area contributed by atoms with E-state index in [9.17, 15) is 4.79 Å². The number of para-hydroxylation sites is 1. The molecule has 0 aliphatic heterocycles. The van der Waals surface area contributed by atoms with Gasteiger partial charge in [0.2, 0.25) is 0 Å². The molecule has 2 heterocycles. The summed E-state index contributed by atoms with van der Waals surface area (Å²) in [6.07, 6.45) is 1.72. The van der Waals surface area contributed by atoms with Gasteiger partial charge in [-0.2, -0.15) is 0 Å². The van der Waals surface area contributed by atoms with E-state index in [0.29, 0.717) is 22.6 Å². The van der Waals surface area contributed by atoms with Crippen molar-refractivity contribution in [1.82, 2.24) is 15.2 Å². The summed E-state index contributed by atoms with van der Waals surface area (Å²) < 4.78 is 11.4. The second kappa shape index (κ2) is 8.10. The number of hydrogen-bond acceptors (Lipinski definition) is 7. The minimum atomic E-state index is -0.942. The lowest BCUT2D eigenvalue weighted by Gasteiger charge is -2.06. The maximum absolute atomic E-state index is 10.9. The lowest BCUT2D eigenvalue weighted by atomic mass is 10.1. The molecule has 28 heavy (non-hydrogen) atoms. The summed E-state index contributed by atoms with van der Waals surface area (Å²) in [7, 11) is 0. The molecule has 0 atom stereocenters. The number of carboxylic acid groups (broad SMARTS) is 1. The van der Waals surface area contributed by atoms with Gasteiger partial charge in [0, 0.05) is 17.3 Å². The highest BCUT2D eigenvalue weighted by molar-refractivity contribution is 7.98. The fourth-order valence-corrected chi connectivity index (χ4v) is 3.31. The number of thioether (sulfide) groups is 1. The Balaban J connectivity index is 1.36. The monoisotopic (exact) mass is 393 g/mol. The predicted octanol–water partition coefficient (Wildman–Crippen LogP) is 4.19. The fourth-order valence-electron chi connectivity index (χ4n) is 2.58. The van der Waals surface area contributed by atoms with Crippen molar-refractivity contribution < 1.29 is 19.1 Å². The fraction of sp³-hybridized carbons (Fsp3) is 0.100. The maximum atomic E-state index is 10.9. The van der Waals surface area contributed by atoms with Gasteiger partial charge in [0.15, 0.2) is 6.61 Å². The largest absolute Gasteiger partial charge is 0.482 e. The minimum absolute atomic E-state index is 0.149. The number of benzene rings is 2. The lowest BCUT2D eigenvalue weighted by Crippen LogP contribution is -1.97. The van der Waals surface area contributed by atoms with Crippen LogP contribution in [0.25, 0.3) is 10.9 Å². The third-order valence-corrected chi connectivity index (χ3v) is 4.85. The molecule has 0 amide bonds. The second-order valence-electron chi connectivity index (χ2n) is 5.87. The van der Waals surface area contributed by atoms with E-state index >= 15 is 0 Å². The number of rotatable bonds is 7. The predicted molar refractivity (Wildman–Crippen MR) is 103 cm³/mol. The number of carboxylic acids is 1. The normalized spacial score (nSPS) is 10.9. The zero-order valence-corrected chi connectivity index (χ0v) is 15.4. The van der Waals surface area contributed by atoms with Crippen molar-refractivity contribution in [1.29, 1.82) is 0 Å². The van der Waals surface area contributed by atoms with Crippen molar-refractivity contribution in [3.05, 3.63) is 77.8 Å². The quantitative estimate of drug-likeness (QED) is 0.467. The topological polar surface area (TPSA) is 98.3 Å². The number of aromatic carboxylic acids is 1. The minimum Gasteiger partial charge on any atom is -0.482 e. The third kappa shape index (κ3) is 4.12. The van der Waals surface area contributed by atoms with E-state index in [2.05, 4.69) is 15.2 Å². The first-order valence-corrected chi connectivity index (χ1v) is 9.41. The van der Waals surface area contributed by atoms with Crippen molar-refractivity contribution in [3.63, 3.8) is 0 Å². The van der Waals surface area contributed by atoms with E-state index in [4.69, 9.17) is 14.3 Å². The Morgan fingerprint density at radius 2 is 1.89 bits per heavy atom. The maximum Gasteiger partial charge on any atom is 0.335 e. The summed E-state index contributed by atoms with van der Waals surface area (Å²) in [6.45, 7) is 0.149. The van der Waals surface area contributed by atoms with E-state index in [0.717, 1.165) is 16.5 Å². The number of hydrogen-bond donors (Lipinski definition) is 1. The summed E-state index contributed by atoms with van der Waals surface area (Å²) in [4.78, 5) is 15.2. The summed E-state index contributed by atoms with van der Waals surface area (Å²) in [5, 5.41) is 18.4. The highest BCUT2D eigenvalue weighted by Gasteiger charge is 2.10. The van der Waals surface area contributed by atoms with Gasteiger partial charge in [0.25, 0.3) is 11.1 Å². The second-order valence-corrected chi connectivity index (χ2v) is 6.80. The SMILES string of the molecule is O=C(O)c1ccc(CSc2nnc(COc3cccc4cccnc34)o2)cc1. The van der Waals surface area contributed by atoms with Crippen LogP contribution in [0.15, 0.2) is 70.4 Å². The van der Waals surface area contributed by atoms with Gasteiger partial charge in [-0.05, 0) is 29.8 Å². The molecule has 4 aromatic rings. The molecule has 7 nitrogen and oxygen atoms in total. The molecule has 0 bridgehead atoms. The van der Waals surface area contributed by atoms with Crippen molar-refractivity contribution >= 4 is 28.6 Å². The van der Waals surface area contributed by atoms with Crippen LogP contribution in [0.2, 0.25) is 0 Å². The third-order valence-electron chi connectivity index (χ3n) is 3.96. The van der Waals surface area contributed by atoms with Crippen LogP contribution in [-0.2, 0) is 12.4 Å². The van der Waals surface area contributed by atoms with Crippen molar-refractivity contribution in [2.75, 3.05) is 0 Å². The Morgan fingerprint density at radius 1 is 1.07 bits per heavy atom. The molecule has 8 heteroatoms. The van der Waals surface area contributed by atoms with Gasteiger partial charge in [0.1, 0.15) is 11.3 Å². The molecule has 0 fully saturated rings. The van der Waals surface area contributed by atoms with Gasteiger partial charge in [-0.1, -0.05) is 42.1 Å². The zero-order valence-electron chi connectivity index (χ0n) is 14.6. The van der Waals surface area contributed by atoms with Gasteiger partial charge in [-0.25, -0.2) is 4.79 Å². The Labute approximate surface area is 164 Å². The molecule has 2 aromatic heterocycles. The van der Waals surface area contributed by atoms with E-state index in [-0.39, 0.29) is 12.2 Å². The first kappa shape index (κ1) is 18.0. The van der Waals surface area contributed by atoms with Gasteiger partial charge < -0.3 is 14.3 Å². The molecule has 0 aliphatic carbocycles. The van der Waals surface area contributed by atoms with E-state index < -0.39 is 5.97 Å². The van der Waals surface area contributed by atoms with Crippen molar-refractivity contribution in [2.24, 2.45) is 0 Å². The molecule has 140 valence electrons. The van der Waals surface area contributed by atoms with Crippen molar-refractivity contribution in [3.8, 4) is 5.75 Å². The molecule has 0 spiro atoms. The van der Waals surface area contributed by atoms with Crippen molar-refractivity contribution in [2.45, 2.75) is 17.6 Å². The summed E-state index contributed by atoms with van der Waals surface area (Å²) in [5.74, 6) is 0.679. The first-order valence-electron chi connectivity index (χ1n) is 8.43. The van der Waals surface area contributed by atoms with Crippen LogP contribution < -0.4 is 4.74 Å².